The molecule has 27 heavy (non-hydrogen) atoms. The Morgan fingerprint density at radius 2 is 1.85 bits per heavy atom. The van der Waals surface area contributed by atoms with Gasteiger partial charge in [0.15, 0.2) is 5.69 Å². The van der Waals surface area contributed by atoms with Crippen LogP contribution in [0.1, 0.15) is 69.3 Å². The van der Waals surface area contributed by atoms with E-state index in [9.17, 15) is 4.79 Å². The number of unbranched alkanes of at least 4 members (excludes halogenated alkanes) is 1. The lowest BCUT2D eigenvalue weighted by Gasteiger charge is -2.28. The van der Waals surface area contributed by atoms with Gasteiger partial charge in [-0.25, -0.2) is 0 Å². The smallest absolute Gasteiger partial charge is 0.272 e. The minimum Gasteiger partial charge on any atom is -0.348 e. The van der Waals surface area contributed by atoms with E-state index in [4.69, 9.17) is 0 Å². The summed E-state index contributed by atoms with van der Waals surface area (Å²) in [7, 11) is 0. The molecule has 0 saturated carbocycles. The Hall–Kier alpha value is -1.88. The Morgan fingerprint density at radius 3 is 2.56 bits per heavy atom. The van der Waals surface area contributed by atoms with Gasteiger partial charge < -0.3 is 10.2 Å². The number of hydrogen-bond donors (Lipinski definition) is 1. The topological polar surface area (TPSA) is 50.2 Å². The third-order valence-corrected chi connectivity index (χ3v) is 5.53. The summed E-state index contributed by atoms with van der Waals surface area (Å²) in [4.78, 5) is 15.5. The summed E-state index contributed by atoms with van der Waals surface area (Å²) in [5.41, 5.74) is 1.62. The molecule has 3 rings (SSSR count). The molecule has 5 nitrogen and oxygen atoms in total. The van der Waals surface area contributed by atoms with Crippen LogP contribution >= 0.6 is 0 Å². The van der Waals surface area contributed by atoms with Crippen LogP contribution in [-0.2, 0) is 6.54 Å². The number of hydrogen-bond acceptors (Lipinski definition) is 3. The van der Waals surface area contributed by atoms with E-state index in [1.165, 1.54) is 19.4 Å². The van der Waals surface area contributed by atoms with Crippen molar-refractivity contribution in [1.82, 2.24) is 20.0 Å². The zero-order chi connectivity index (χ0) is 19.1. The maximum Gasteiger partial charge on any atom is 0.272 e. The van der Waals surface area contributed by atoms with Crippen molar-refractivity contribution in [2.75, 3.05) is 19.6 Å². The number of fused-ring (bicyclic) bond motifs is 1. The highest BCUT2D eigenvalue weighted by Crippen LogP contribution is 2.20. The van der Waals surface area contributed by atoms with Crippen molar-refractivity contribution in [1.29, 1.82) is 0 Å². The van der Waals surface area contributed by atoms with Crippen LogP contribution in [0, 0.1) is 0 Å². The molecule has 1 amide bonds. The molecule has 1 aliphatic rings. The van der Waals surface area contributed by atoms with E-state index in [1.807, 2.05) is 22.9 Å². The number of aryl methyl sites for hydroxylation is 1. The summed E-state index contributed by atoms with van der Waals surface area (Å²) in [6.45, 7) is 8.75. The van der Waals surface area contributed by atoms with Crippen LogP contribution in [0.3, 0.4) is 0 Å². The molecule has 1 fully saturated rings. The molecular formula is C22H34N4O. The van der Waals surface area contributed by atoms with Gasteiger partial charge in [0.2, 0.25) is 0 Å². The van der Waals surface area contributed by atoms with Gasteiger partial charge in [0.1, 0.15) is 0 Å². The van der Waals surface area contributed by atoms with Gasteiger partial charge in [-0.2, -0.15) is 5.10 Å². The van der Waals surface area contributed by atoms with Gasteiger partial charge >= 0.3 is 0 Å². The number of likely N-dealkylation sites (tertiary alicyclic amines) is 1. The normalized spacial score (nSPS) is 17.0. The monoisotopic (exact) mass is 370 g/mol. The summed E-state index contributed by atoms with van der Waals surface area (Å²) in [5, 5.41) is 8.86. The number of para-hydroxylation sites is 1. The van der Waals surface area contributed by atoms with Gasteiger partial charge in [-0.05, 0) is 64.2 Å². The quantitative estimate of drug-likeness (QED) is 0.794. The molecule has 0 unspecified atom stereocenters. The predicted octanol–water partition coefficient (Wildman–Crippen LogP) is 4.22. The third kappa shape index (κ3) is 5.10. The zero-order valence-corrected chi connectivity index (χ0v) is 16.9. The number of carbonyl (C=O) groups is 1. The molecule has 0 bridgehead atoms. The van der Waals surface area contributed by atoms with E-state index >= 15 is 0 Å². The number of aromatic nitrogens is 2. The van der Waals surface area contributed by atoms with Gasteiger partial charge in [-0.3, -0.25) is 9.48 Å². The minimum atomic E-state index is -0.0190. The van der Waals surface area contributed by atoms with Gasteiger partial charge in [-0.15, -0.1) is 0 Å². The Morgan fingerprint density at radius 1 is 1.11 bits per heavy atom. The van der Waals surface area contributed by atoms with E-state index in [2.05, 4.69) is 35.2 Å². The Labute approximate surface area is 163 Å². The average Bonchev–Trinajstić information content (AvgIpc) is 3.02. The van der Waals surface area contributed by atoms with E-state index in [0.717, 1.165) is 62.6 Å². The van der Waals surface area contributed by atoms with Crippen LogP contribution in [-0.4, -0.2) is 46.3 Å². The highest BCUT2D eigenvalue weighted by molar-refractivity contribution is 6.04. The second kappa shape index (κ2) is 9.88. The number of benzene rings is 1. The molecule has 148 valence electrons. The van der Waals surface area contributed by atoms with Crippen molar-refractivity contribution in [2.45, 2.75) is 71.4 Å². The molecule has 0 spiro atoms. The molecule has 0 aliphatic carbocycles. The van der Waals surface area contributed by atoms with E-state index in [1.54, 1.807) is 0 Å². The lowest BCUT2D eigenvalue weighted by atomic mass is 10.0. The average molecular weight is 371 g/mol. The van der Waals surface area contributed by atoms with Crippen LogP contribution in [0.5, 0.6) is 0 Å². The number of amides is 1. The summed E-state index contributed by atoms with van der Waals surface area (Å²) in [6, 6.07) is 8.32. The van der Waals surface area contributed by atoms with Crippen molar-refractivity contribution >= 4 is 16.8 Å². The number of nitrogens with one attached hydrogen (secondary N) is 1. The second-order valence-corrected chi connectivity index (χ2v) is 7.74. The molecule has 2 aromatic rings. The molecule has 0 radical (unpaired) electrons. The first kappa shape index (κ1) is 19.9. The largest absolute Gasteiger partial charge is 0.348 e. The number of rotatable bonds is 7. The highest BCUT2D eigenvalue weighted by Gasteiger charge is 2.21. The van der Waals surface area contributed by atoms with E-state index in [-0.39, 0.29) is 11.9 Å². The number of carbonyl (C=O) groups excluding carboxylic acids is 1. The summed E-state index contributed by atoms with van der Waals surface area (Å²) in [5.74, 6) is -0.0190. The first-order valence-corrected chi connectivity index (χ1v) is 10.7. The molecule has 2 heterocycles. The third-order valence-electron chi connectivity index (χ3n) is 5.53. The number of nitrogens with zero attached hydrogens (tertiary/aromatic N) is 3. The minimum absolute atomic E-state index is 0.0190. The van der Waals surface area contributed by atoms with Crippen molar-refractivity contribution in [3.05, 3.63) is 30.0 Å². The summed E-state index contributed by atoms with van der Waals surface area (Å²) in [6.07, 6.45) is 7.97. The maximum atomic E-state index is 13.0. The van der Waals surface area contributed by atoms with Crippen LogP contribution in [0.25, 0.3) is 10.9 Å². The highest BCUT2D eigenvalue weighted by atomic mass is 16.2. The van der Waals surface area contributed by atoms with Crippen LogP contribution in [0.15, 0.2) is 24.3 Å². The van der Waals surface area contributed by atoms with Crippen molar-refractivity contribution < 1.29 is 4.79 Å². The SMILES string of the molecule is CCCCN1CCCC(NC(=O)c2nn(CCC)c3ccccc23)CCC1. The van der Waals surface area contributed by atoms with Crippen LogP contribution < -0.4 is 5.32 Å². The van der Waals surface area contributed by atoms with Crippen molar-refractivity contribution in [3.8, 4) is 0 Å². The van der Waals surface area contributed by atoms with Crippen molar-refractivity contribution in [2.24, 2.45) is 0 Å². The van der Waals surface area contributed by atoms with Gasteiger partial charge in [0.25, 0.3) is 5.91 Å². The second-order valence-electron chi connectivity index (χ2n) is 7.74. The fourth-order valence-electron chi connectivity index (χ4n) is 4.06. The van der Waals surface area contributed by atoms with Crippen LogP contribution in [0.4, 0.5) is 0 Å². The van der Waals surface area contributed by atoms with E-state index < -0.39 is 0 Å². The molecule has 1 aromatic heterocycles. The Balaban J connectivity index is 1.63. The maximum absolute atomic E-state index is 13.0. The van der Waals surface area contributed by atoms with Gasteiger partial charge in [0, 0.05) is 18.0 Å². The molecule has 1 saturated heterocycles. The zero-order valence-electron chi connectivity index (χ0n) is 16.9. The standard InChI is InChI=1S/C22H34N4O/c1-3-5-15-25-16-8-10-18(11-9-17-25)23-22(27)21-19-12-6-7-13-20(19)26(24-21)14-4-2/h6-7,12-13,18H,3-5,8-11,14-17H2,1-2H3,(H,23,27). The molecule has 0 atom stereocenters. The van der Waals surface area contributed by atoms with Gasteiger partial charge in [0.05, 0.1) is 5.52 Å². The molecule has 1 N–H and O–H groups in total. The van der Waals surface area contributed by atoms with Gasteiger partial charge in [-0.1, -0.05) is 38.5 Å². The first-order valence-electron chi connectivity index (χ1n) is 10.7. The van der Waals surface area contributed by atoms with Crippen molar-refractivity contribution in [3.63, 3.8) is 0 Å². The molecule has 1 aliphatic heterocycles. The predicted molar refractivity (Wildman–Crippen MR) is 111 cm³/mol. The fraction of sp³-hybridized carbons (Fsp3) is 0.636. The molecule has 5 heteroatoms. The molecule has 1 aromatic carbocycles. The summed E-state index contributed by atoms with van der Waals surface area (Å²) < 4.78 is 1.97. The lowest BCUT2D eigenvalue weighted by molar-refractivity contribution is 0.0922. The first-order chi connectivity index (χ1) is 13.2. The Kier molecular flexibility index (Phi) is 7.27. The lowest BCUT2D eigenvalue weighted by Crippen LogP contribution is -2.39. The molecular weight excluding hydrogens is 336 g/mol. The van der Waals surface area contributed by atoms with E-state index in [0.29, 0.717) is 5.69 Å². The summed E-state index contributed by atoms with van der Waals surface area (Å²) >= 11 is 0. The fourth-order valence-corrected chi connectivity index (χ4v) is 4.06. The Bertz CT molecular complexity index is 729. The van der Waals surface area contributed by atoms with Crippen LogP contribution in [0.2, 0.25) is 0 Å².